The second-order valence-electron chi connectivity index (χ2n) is 5.54. The lowest BCUT2D eigenvalue weighted by Crippen LogP contribution is -2.10. The first kappa shape index (κ1) is 17.7. The van der Waals surface area contributed by atoms with Crippen LogP contribution in [-0.2, 0) is 9.47 Å². The van der Waals surface area contributed by atoms with Crippen molar-refractivity contribution in [1.29, 1.82) is 0 Å². The number of esters is 2. The minimum atomic E-state index is -0.397. The third kappa shape index (κ3) is 3.82. The quantitative estimate of drug-likeness (QED) is 0.768. The molecule has 0 amide bonds. The van der Waals surface area contributed by atoms with Gasteiger partial charge >= 0.3 is 11.9 Å². The van der Waals surface area contributed by atoms with Gasteiger partial charge in [-0.25, -0.2) is 9.59 Å². The van der Waals surface area contributed by atoms with Gasteiger partial charge in [-0.05, 0) is 51.0 Å². The van der Waals surface area contributed by atoms with Gasteiger partial charge in [-0.3, -0.25) is 0 Å². The van der Waals surface area contributed by atoms with Crippen molar-refractivity contribution in [2.75, 3.05) is 13.2 Å². The maximum absolute atomic E-state index is 12.3. The van der Waals surface area contributed by atoms with Crippen molar-refractivity contribution in [2.24, 2.45) is 0 Å². The van der Waals surface area contributed by atoms with Crippen molar-refractivity contribution in [3.8, 4) is 11.1 Å². The SMILES string of the molecule is CCOC(=O)c1cc(C)ccc1-c1ccc(C)cc1C(=O)OCC. The molecule has 0 aromatic heterocycles. The molecule has 2 aromatic rings. The molecule has 0 spiro atoms. The van der Waals surface area contributed by atoms with E-state index in [-0.39, 0.29) is 0 Å². The number of aryl methyl sites for hydroxylation is 2. The van der Waals surface area contributed by atoms with Crippen LogP contribution in [0.2, 0.25) is 0 Å². The predicted molar refractivity (Wildman–Crippen MR) is 93.3 cm³/mol. The molecule has 0 saturated carbocycles. The van der Waals surface area contributed by atoms with Gasteiger partial charge in [-0.15, -0.1) is 0 Å². The van der Waals surface area contributed by atoms with Crippen LogP contribution in [0.1, 0.15) is 45.7 Å². The molecule has 4 heteroatoms. The number of rotatable bonds is 5. The summed E-state index contributed by atoms with van der Waals surface area (Å²) in [6, 6.07) is 11.1. The molecule has 0 heterocycles. The summed E-state index contributed by atoms with van der Waals surface area (Å²) in [5.74, 6) is -0.793. The first-order valence-corrected chi connectivity index (χ1v) is 8.03. The Bertz CT molecular complexity index is 697. The van der Waals surface area contributed by atoms with E-state index in [0.717, 1.165) is 11.1 Å². The Morgan fingerprint density at radius 1 is 0.750 bits per heavy atom. The van der Waals surface area contributed by atoms with E-state index in [2.05, 4.69) is 0 Å². The van der Waals surface area contributed by atoms with Gasteiger partial charge in [0.1, 0.15) is 0 Å². The van der Waals surface area contributed by atoms with Crippen molar-refractivity contribution in [1.82, 2.24) is 0 Å². The van der Waals surface area contributed by atoms with E-state index < -0.39 is 11.9 Å². The number of ether oxygens (including phenoxy) is 2. The average molecular weight is 326 g/mol. The lowest BCUT2D eigenvalue weighted by Gasteiger charge is -2.14. The largest absolute Gasteiger partial charge is 0.462 e. The van der Waals surface area contributed by atoms with Gasteiger partial charge in [0.25, 0.3) is 0 Å². The molecule has 0 unspecified atom stereocenters. The molecule has 0 aliphatic rings. The summed E-state index contributed by atoms with van der Waals surface area (Å²) >= 11 is 0. The van der Waals surface area contributed by atoms with Crippen LogP contribution < -0.4 is 0 Å². The highest BCUT2D eigenvalue weighted by atomic mass is 16.5. The number of hydrogen-bond donors (Lipinski definition) is 0. The monoisotopic (exact) mass is 326 g/mol. The van der Waals surface area contributed by atoms with Gasteiger partial charge < -0.3 is 9.47 Å². The van der Waals surface area contributed by atoms with Crippen molar-refractivity contribution >= 4 is 11.9 Å². The first-order chi connectivity index (χ1) is 11.5. The van der Waals surface area contributed by atoms with Crippen LogP contribution in [0.4, 0.5) is 0 Å². The van der Waals surface area contributed by atoms with Crippen molar-refractivity contribution in [3.05, 3.63) is 58.7 Å². The van der Waals surface area contributed by atoms with Crippen LogP contribution in [0.15, 0.2) is 36.4 Å². The van der Waals surface area contributed by atoms with Gasteiger partial charge in [0, 0.05) is 0 Å². The molecule has 0 aliphatic heterocycles. The van der Waals surface area contributed by atoms with E-state index >= 15 is 0 Å². The Balaban J connectivity index is 2.64. The van der Waals surface area contributed by atoms with Gasteiger partial charge in [-0.2, -0.15) is 0 Å². The van der Waals surface area contributed by atoms with Crippen LogP contribution in [0, 0.1) is 13.8 Å². The van der Waals surface area contributed by atoms with Crippen LogP contribution in [0.5, 0.6) is 0 Å². The molecule has 0 aliphatic carbocycles. The molecule has 0 bridgehead atoms. The van der Waals surface area contributed by atoms with Crippen molar-refractivity contribution in [3.63, 3.8) is 0 Å². The zero-order valence-electron chi connectivity index (χ0n) is 14.5. The van der Waals surface area contributed by atoms with E-state index in [9.17, 15) is 9.59 Å². The number of hydrogen-bond acceptors (Lipinski definition) is 4. The van der Waals surface area contributed by atoms with Gasteiger partial charge in [0.2, 0.25) is 0 Å². The van der Waals surface area contributed by atoms with Gasteiger partial charge in [0.05, 0.1) is 24.3 Å². The summed E-state index contributed by atoms with van der Waals surface area (Å²) in [4.78, 5) is 24.7. The summed E-state index contributed by atoms with van der Waals surface area (Å²) in [5, 5.41) is 0. The topological polar surface area (TPSA) is 52.6 Å². The highest BCUT2D eigenvalue weighted by Crippen LogP contribution is 2.30. The fourth-order valence-corrected chi connectivity index (χ4v) is 2.54. The zero-order valence-corrected chi connectivity index (χ0v) is 14.5. The third-order valence-corrected chi connectivity index (χ3v) is 3.63. The van der Waals surface area contributed by atoms with Crippen molar-refractivity contribution < 1.29 is 19.1 Å². The third-order valence-electron chi connectivity index (χ3n) is 3.63. The molecule has 24 heavy (non-hydrogen) atoms. The maximum Gasteiger partial charge on any atom is 0.338 e. The maximum atomic E-state index is 12.3. The van der Waals surface area contributed by atoms with E-state index in [1.807, 2.05) is 38.1 Å². The van der Waals surface area contributed by atoms with Crippen LogP contribution in [-0.4, -0.2) is 25.2 Å². The summed E-state index contributed by atoms with van der Waals surface area (Å²) in [7, 11) is 0. The Morgan fingerprint density at radius 2 is 1.12 bits per heavy atom. The normalized spacial score (nSPS) is 10.3. The smallest absolute Gasteiger partial charge is 0.338 e. The molecule has 0 saturated heterocycles. The predicted octanol–water partition coefficient (Wildman–Crippen LogP) is 4.32. The fraction of sp³-hybridized carbons (Fsp3) is 0.300. The van der Waals surface area contributed by atoms with Gasteiger partial charge in [-0.1, -0.05) is 35.4 Å². The summed E-state index contributed by atoms with van der Waals surface area (Å²) < 4.78 is 10.3. The lowest BCUT2D eigenvalue weighted by molar-refractivity contribution is 0.0515. The minimum Gasteiger partial charge on any atom is -0.462 e. The van der Waals surface area contributed by atoms with Crippen LogP contribution in [0.3, 0.4) is 0 Å². The lowest BCUT2D eigenvalue weighted by atomic mass is 9.93. The summed E-state index contributed by atoms with van der Waals surface area (Å²) in [5.41, 5.74) is 4.14. The van der Waals surface area contributed by atoms with E-state index in [1.165, 1.54) is 0 Å². The molecular weight excluding hydrogens is 304 g/mol. The Kier molecular flexibility index (Phi) is 5.74. The highest BCUT2D eigenvalue weighted by Gasteiger charge is 2.20. The Labute approximate surface area is 142 Å². The second-order valence-corrected chi connectivity index (χ2v) is 5.54. The number of benzene rings is 2. The molecule has 126 valence electrons. The fourth-order valence-electron chi connectivity index (χ4n) is 2.54. The molecule has 2 rings (SSSR count). The number of carbonyl (C=O) groups is 2. The molecular formula is C20H22O4. The molecule has 0 radical (unpaired) electrons. The second kappa shape index (κ2) is 7.77. The van der Waals surface area contributed by atoms with Crippen LogP contribution >= 0.6 is 0 Å². The first-order valence-electron chi connectivity index (χ1n) is 8.03. The minimum absolute atomic E-state index is 0.296. The van der Waals surface area contributed by atoms with Gasteiger partial charge in [0.15, 0.2) is 0 Å². The Morgan fingerprint density at radius 3 is 1.46 bits per heavy atom. The zero-order chi connectivity index (χ0) is 17.7. The molecule has 4 nitrogen and oxygen atoms in total. The highest BCUT2D eigenvalue weighted by molar-refractivity contribution is 6.03. The van der Waals surface area contributed by atoms with Crippen molar-refractivity contribution in [2.45, 2.75) is 27.7 Å². The average Bonchev–Trinajstić information content (AvgIpc) is 2.55. The summed E-state index contributed by atoms with van der Waals surface area (Å²) in [6.45, 7) is 7.95. The summed E-state index contributed by atoms with van der Waals surface area (Å²) in [6.07, 6.45) is 0. The molecule has 2 aromatic carbocycles. The molecule has 0 N–H and O–H groups in total. The Hall–Kier alpha value is -2.62. The van der Waals surface area contributed by atoms with E-state index in [4.69, 9.17) is 9.47 Å². The molecule has 0 fully saturated rings. The number of carbonyl (C=O) groups excluding carboxylic acids is 2. The molecule has 0 atom stereocenters. The standard InChI is InChI=1S/C20H22O4/c1-5-23-19(21)17-11-13(3)7-9-15(17)16-10-8-14(4)12-18(16)20(22)24-6-2/h7-12H,5-6H2,1-4H3. The van der Waals surface area contributed by atoms with E-state index in [1.54, 1.807) is 26.0 Å². The van der Waals surface area contributed by atoms with E-state index in [0.29, 0.717) is 35.5 Å². The van der Waals surface area contributed by atoms with Crippen LogP contribution in [0.25, 0.3) is 11.1 Å².